The van der Waals surface area contributed by atoms with E-state index in [1.54, 1.807) is 0 Å². The zero-order valence-corrected chi connectivity index (χ0v) is 18.5. The highest BCUT2D eigenvalue weighted by atomic mass is 16.3. The summed E-state index contributed by atoms with van der Waals surface area (Å²) >= 11 is 0. The van der Waals surface area contributed by atoms with Crippen molar-refractivity contribution < 1.29 is 8.98 Å². The van der Waals surface area contributed by atoms with E-state index in [1.807, 2.05) is 6.92 Å². The van der Waals surface area contributed by atoms with Gasteiger partial charge in [-0.15, -0.1) is 0 Å². The number of benzene rings is 2. The van der Waals surface area contributed by atoms with E-state index in [2.05, 4.69) is 92.8 Å². The molecule has 3 aromatic heterocycles. The first-order valence-electron chi connectivity index (χ1n) is 10.6. The quantitative estimate of drug-likeness (QED) is 0.312. The molecule has 0 aliphatic heterocycles. The molecule has 0 radical (unpaired) electrons. The van der Waals surface area contributed by atoms with Gasteiger partial charge < -0.3 is 4.42 Å². The van der Waals surface area contributed by atoms with Gasteiger partial charge >= 0.3 is 0 Å². The van der Waals surface area contributed by atoms with Crippen LogP contribution in [0.4, 0.5) is 0 Å². The standard InChI is InChI=1S/C27H27N2O/c1-15(2)21-14-24(29(6)23-10-8-7-9-19(21)23)25-18(5)16(3)13-22-20-12-11-17(4)28-27(20)30-26(22)25/h7-15H,1-6H3/q+1. The number of rotatable bonds is 2. The fraction of sp³-hybridized carbons (Fsp3) is 0.259. The maximum absolute atomic E-state index is 6.40. The lowest BCUT2D eigenvalue weighted by Gasteiger charge is -2.14. The summed E-state index contributed by atoms with van der Waals surface area (Å²) in [5, 5.41) is 3.52. The van der Waals surface area contributed by atoms with Crippen LogP contribution in [-0.4, -0.2) is 4.98 Å². The molecule has 0 fully saturated rings. The Labute approximate surface area is 177 Å². The Bertz CT molecular complexity index is 1460. The Morgan fingerprint density at radius 3 is 2.43 bits per heavy atom. The zero-order chi connectivity index (χ0) is 21.2. The predicted molar refractivity (Wildman–Crippen MR) is 124 cm³/mol. The van der Waals surface area contributed by atoms with Crippen molar-refractivity contribution in [1.82, 2.24) is 4.98 Å². The van der Waals surface area contributed by atoms with E-state index in [-0.39, 0.29) is 0 Å². The second kappa shape index (κ2) is 6.66. The van der Waals surface area contributed by atoms with Crippen molar-refractivity contribution in [2.24, 2.45) is 7.05 Å². The second-order valence-corrected chi connectivity index (χ2v) is 8.69. The number of furan rings is 1. The van der Waals surface area contributed by atoms with E-state index in [0.29, 0.717) is 11.6 Å². The maximum atomic E-state index is 6.40. The van der Waals surface area contributed by atoms with Crippen molar-refractivity contribution in [2.45, 2.75) is 40.5 Å². The molecule has 0 unspecified atom stereocenters. The molecular formula is C27H27N2O+. The monoisotopic (exact) mass is 395 g/mol. The molecule has 2 aromatic carbocycles. The molecule has 30 heavy (non-hydrogen) atoms. The van der Waals surface area contributed by atoms with Crippen molar-refractivity contribution in [1.29, 1.82) is 0 Å². The molecule has 0 atom stereocenters. The van der Waals surface area contributed by atoms with Crippen molar-refractivity contribution in [2.75, 3.05) is 0 Å². The summed E-state index contributed by atoms with van der Waals surface area (Å²) in [5.74, 6) is 0.426. The summed E-state index contributed by atoms with van der Waals surface area (Å²) in [7, 11) is 2.15. The van der Waals surface area contributed by atoms with E-state index in [1.165, 1.54) is 33.3 Å². The first kappa shape index (κ1) is 18.8. The molecule has 3 nitrogen and oxygen atoms in total. The van der Waals surface area contributed by atoms with Gasteiger partial charge in [-0.1, -0.05) is 26.0 Å². The first-order chi connectivity index (χ1) is 14.4. The van der Waals surface area contributed by atoms with Gasteiger partial charge in [0, 0.05) is 34.0 Å². The number of fused-ring (bicyclic) bond motifs is 4. The number of para-hydroxylation sites is 1. The van der Waals surface area contributed by atoms with Gasteiger partial charge in [0.25, 0.3) is 0 Å². The largest absolute Gasteiger partial charge is 0.437 e. The summed E-state index contributed by atoms with van der Waals surface area (Å²) in [6.07, 6.45) is 0. The molecule has 0 aliphatic rings. The smallest absolute Gasteiger partial charge is 0.227 e. The Morgan fingerprint density at radius 2 is 1.67 bits per heavy atom. The SMILES string of the molecule is Cc1ccc2c(n1)oc1c(-c3cc(C(C)C)c4ccccc4[n+]3C)c(C)c(C)cc12. The minimum Gasteiger partial charge on any atom is -0.437 e. The van der Waals surface area contributed by atoms with Crippen molar-refractivity contribution >= 4 is 33.0 Å². The number of hydrogen-bond donors (Lipinski definition) is 0. The second-order valence-electron chi connectivity index (χ2n) is 8.69. The molecule has 3 heteroatoms. The molecule has 3 heterocycles. The normalized spacial score (nSPS) is 12.0. The molecule has 0 bridgehead atoms. The topological polar surface area (TPSA) is 29.9 Å². The Balaban J connectivity index is 1.96. The molecular weight excluding hydrogens is 368 g/mol. The zero-order valence-electron chi connectivity index (χ0n) is 18.5. The average Bonchev–Trinajstić information content (AvgIpc) is 3.06. The molecule has 0 amide bonds. The number of hydrogen-bond acceptors (Lipinski definition) is 2. The van der Waals surface area contributed by atoms with E-state index in [4.69, 9.17) is 4.42 Å². The Morgan fingerprint density at radius 1 is 0.900 bits per heavy atom. The lowest BCUT2D eigenvalue weighted by atomic mass is 9.92. The molecule has 0 saturated carbocycles. The molecule has 5 aromatic rings. The summed E-state index contributed by atoms with van der Waals surface area (Å²) < 4.78 is 8.70. The molecule has 0 aliphatic carbocycles. The van der Waals surface area contributed by atoms with Gasteiger partial charge in [0.1, 0.15) is 7.05 Å². The number of aryl methyl sites for hydroxylation is 3. The lowest BCUT2D eigenvalue weighted by molar-refractivity contribution is -0.633. The van der Waals surface area contributed by atoms with Gasteiger partial charge in [-0.05, 0) is 67.6 Å². The third kappa shape index (κ3) is 2.65. The van der Waals surface area contributed by atoms with Crippen molar-refractivity contribution in [3.8, 4) is 11.3 Å². The highest BCUT2D eigenvalue weighted by Crippen LogP contribution is 2.39. The number of aromatic nitrogens is 2. The minimum atomic E-state index is 0.426. The highest BCUT2D eigenvalue weighted by Gasteiger charge is 2.26. The van der Waals surface area contributed by atoms with Gasteiger partial charge in [0.2, 0.25) is 16.9 Å². The average molecular weight is 396 g/mol. The van der Waals surface area contributed by atoms with E-state index in [9.17, 15) is 0 Å². The minimum absolute atomic E-state index is 0.426. The van der Waals surface area contributed by atoms with Crippen molar-refractivity contribution in [3.05, 3.63) is 70.9 Å². The van der Waals surface area contributed by atoms with Gasteiger partial charge in [0.05, 0.1) is 5.56 Å². The third-order valence-corrected chi connectivity index (χ3v) is 6.40. The first-order valence-corrected chi connectivity index (χ1v) is 10.6. The number of pyridine rings is 2. The summed E-state index contributed by atoms with van der Waals surface area (Å²) in [4.78, 5) is 4.65. The highest BCUT2D eigenvalue weighted by molar-refractivity contribution is 6.09. The van der Waals surface area contributed by atoms with Crippen LogP contribution in [0.1, 0.15) is 42.1 Å². The molecule has 150 valence electrons. The van der Waals surface area contributed by atoms with Crippen LogP contribution in [0.5, 0.6) is 0 Å². The van der Waals surface area contributed by atoms with Crippen LogP contribution in [0.3, 0.4) is 0 Å². The predicted octanol–water partition coefficient (Wildman–Crippen LogP) is 6.67. The van der Waals surface area contributed by atoms with Crippen molar-refractivity contribution in [3.63, 3.8) is 0 Å². The third-order valence-electron chi connectivity index (χ3n) is 6.40. The van der Waals surface area contributed by atoms with E-state index >= 15 is 0 Å². The van der Waals surface area contributed by atoms with E-state index in [0.717, 1.165) is 27.6 Å². The lowest BCUT2D eigenvalue weighted by Crippen LogP contribution is -2.33. The fourth-order valence-electron chi connectivity index (χ4n) is 4.60. The maximum Gasteiger partial charge on any atom is 0.227 e. The number of nitrogens with zero attached hydrogens (tertiary/aromatic N) is 2. The van der Waals surface area contributed by atoms with Gasteiger partial charge in [-0.3, -0.25) is 0 Å². The molecule has 0 spiro atoms. The van der Waals surface area contributed by atoms with Crippen LogP contribution in [0.2, 0.25) is 0 Å². The molecule has 5 rings (SSSR count). The van der Waals surface area contributed by atoms with Crippen LogP contribution in [0, 0.1) is 20.8 Å². The Kier molecular flexibility index (Phi) is 4.18. The van der Waals surface area contributed by atoms with E-state index < -0.39 is 0 Å². The Hall–Kier alpha value is -3.20. The van der Waals surface area contributed by atoms with Gasteiger partial charge in [-0.2, -0.15) is 4.57 Å². The summed E-state index contributed by atoms with van der Waals surface area (Å²) in [5.41, 5.74) is 10.1. The van der Waals surface area contributed by atoms with Crippen LogP contribution in [0.25, 0.3) is 44.2 Å². The van der Waals surface area contributed by atoms with Crippen LogP contribution < -0.4 is 4.57 Å². The summed E-state index contributed by atoms with van der Waals surface area (Å²) in [6, 6.07) is 17.4. The molecule has 0 N–H and O–H groups in total. The van der Waals surface area contributed by atoms with Gasteiger partial charge in [-0.25, -0.2) is 4.98 Å². The van der Waals surface area contributed by atoms with Gasteiger partial charge in [0.15, 0.2) is 5.58 Å². The van der Waals surface area contributed by atoms with Crippen LogP contribution in [-0.2, 0) is 7.05 Å². The fourth-order valence-corrected chi connectivity index (χ4v) is 4.60. The molecule has 0 saturated heterocycles. The summed E-state index contributed by atoms with van der Waals surface area (Å²) in [6.45, 7) is 10.9. The van der Waals surface area contributed by atoms with Crippen LogP contribution in [0.15, 0.2) is 52.9 Å². The van der Waals surface area contributed by atoms with Crippen LogP contribution >= 0.6 is 0 Å².